The summed E-state index contributed by atoms with van der Waals surface area (Å²) in [7, 11) is 1.81. The fourth-order valence-electron chi connectivity index (χ4n) is 2.27. The third kappa shape index (κ3) is 2.66. The molecule has 0 aromatic carbocycles. The molecular weight excluding hydrogens is 218 g/mol. The molecule has 5 nitrogen and oxygen atoms in total. The summed E-state index contributed by atoms with van der Waals surface area (Å²) >= 11 is 0. The van der Waals surface area contributed by atoms with Crippen LogP contribution in [0.1, 0.15) is 25.8 Å². The number of hydrogen-bond acceptors (Lipinski definition) is 3. The van der Waals surface area contributed by atoms with Gasteiger partial charge in [0.15, 0.2) is 0 Å². The third-order valence-corrected chi connectivity index (χ3v) is 3.40. The number of carbonyl (C=O) groups excluding carboxylic acids is 1. The maximum Gasteiger partial charge on any atom is 0.246 e. The van der Waals surface area contributed by atoms with Gasteiger partial charge >= 0.3 is 0 Å². The first-order valence-electron chi connectivity index (χ1n) is 6.00. The summed E-state index contributed by atoms with van der Waals surface area (Å²) in [5.74, 6) is 0.513. The molecule has 1 N–H and O–H groups in total. The van der Waals surface area contributed by atoms with Crippen LogP contribution in [0, 0.1) is 5.92 Å². The van der Waals surface area contributed by atoms with Crippen LogP contribution in [0.4, 0.5) is 0 Å². The third-order valence-electron chi connectivity index (χ3n) is 3.40. The fraction of sp³-hybridized carbons (Fsp3) is 0.667. The number of rotatable bonds is 4. The zero-order valence-corrected chi connectivity index (χ0v) is 10.3. The van der Waals surface area contributed by atoms with Crippen LogP contribution in [0.3, 0.4) is 0 Å². The Bertz CT molecular complexity index is 371. The summed E-state index contributed by atoms with van der Waals surface area (Å²) in [5.41, 5.74) is 0. The van der Waals surface area contributed by atoms with Crippen molar-refractivity contribution in [3.05, 3.63) is 18.5 Å². The Morgan fingerprint density at radius 2 is 2.35 bits per heavy atom. The molecule has 5 heteroatoms. The molecule has 1 unspecified atom stereocenters. The van der Waals surface area contributed by atoms with Crippen molar-refractivity contribution in [3.8, 4) is 0 Å². The average molecular weight is 237 g/mol. The molecule has 0 saturated heterocycles. The Morgan fingerprint density at radius 3 is 2.88 bits per heavy atom. The van der Waals surface area contributed by atoms with E-state index in [4.69, 9.17) is 0 Å². The molecule has 1 aliphatic carbocycles. The number of aromatic nitrogens is 2. The van der Waals surface area contributed by atoms with Crippen LogP contribution >= 0.6 is 0 Å². The lowest BCUT2D eigenvalue weighted by Crippen LogP contribution is -2.41. The molecule has 1 aromatic rings. The molecule has 1 fully saturated rings. The first-order valence-corrected chi connectivity index (χ1v) is 6.00. The highest BCUT2D eigenvalue weighted by Gasteiger charge is 2.30. The van der Waals surface area contributed by atoms with Crippen LogP contribution in [0.15, 0.2) is 18.5 Å². The van der Waals surface area contributed by atoms with Crippen molar-refractivity contribution in [2.24, 2.45) is 5.92 Å². The standard InChI is InChI=1S/C12H19N3O2/c1-9(15-5-3-4-13-15)12(17)14(2)8-10-6-11(16)7-10/h3-5,9-11,16H,6-8H2,1-2H3. The van der Waals surface area contributed by atoms with Gasteiger partial charge in [-0.25, -0.2) is 0 Å². The van der Waals surface area contributed by atoms with Crippen molar-refractivity contribution < 1.29 is 9.90 Å². The molecule has 1 aromatic heterocycles. The van der Waals surface area contributed by atoms with E-state index in [2.05, 4.69) is 5.10 Å². The van der Waals surface area contributed by atoms with Gasteiger partial charge in [0.25, 0.3) is 0 Å². The maximum atomic E-state index is 12.1. The van der Waals surface area contributed by atoms with Gasteiger partial charge in [-0.3, -0.25) is 9.48 Å². The second-order valence-electron chi connectivity index (χ2n) is 4.87. The number of amides is 1. The highest BCUT2D eigenvalue weighted by molar-refractivity contribution is 5.79. The zero-order chi connectivity index (χ0) is 12.4. The van der Waals surface area contributed by atoms with E-state index in [-0.39, 0.29) is 18.1 Å². The Hall–Kier alpha value is -1.36. The van der Waals surface area contributed by atoms with E-state index in [0.717, 1.165) is 19.4 Å². The van der Waals surface area contributed by atoms with Gasteiger partial charge in [0, 0.05) is 26.0 Å². The number of hydrogen-bond donors (Lipinski definition) is 1. The number of aliphatic hydroxyl groups excluding tert-OH is 1. The minimum absolute atomic E-state index is 0.0649. The molecule has 2 rings (SSSR count). The first kappa shape index (κ1) is 12.1. The van der Waals surface area contributed by atoms with E-state index in [1.165, 1.54) is 0 Å². The molecule has 1 aliphatic rings. The maximum absolute atomic E-state index is 12.1. The lowest BCUT2D eigenvalue weighted by atomic mass is 9.82. The fourth-order valence-corrected chi connectivity index (χ4v) is 2.27. The molecule has 1 heterocycles. The average Bonchev–Trinajstić information content (AvgIpc) is 2.78. The highest BCUT2D eigenvalue weighted by Crippen LogP contribution is 2.28. The van der Waals surface area contributed by atoms with E-state index in [1.807, 2.05) is 20.0 Å². The Morgan fingerprint density at radius 1 is 1.65 bits per heavy atom. The predicted octanol–water partition coefficient (Wildman–Crippen LogP) is 0.673. The van der Waals surface area contributed by atoms with Crippen molar-refractivity contribution in [1.82, 2.24) is 14.7 Å². The van der Waals surface area contributed by atoms with E-state index in [1.54, 1.807) is 22.0 Å². The molecule has 1 atom stereocenters. The number of likely N-dealkylation sites (N-methyl/N-ethyl adjacent to an activating group) is 1. The smallest absolute Gasteiger partial charge is 0.246 e. The zero-order valence-electron chi connectivity index (χ0n) is 10.3. The van der Waals surface area contributed by atoms with E-state index < -0.39 is 0 Å². The summed E-state index contributed by atoms with van der Waals surface area (Å²) in [6, 6.07) is 1.55. The molecule has 94 valence electrons. The molecule has 1 saturated carbocycles. The molecule has 17 heavy (non-hydrogen) atoms. The van der Waals surface area contributed by atoms with E-state index in [0.29, 0.717) is 5.92 Å². The quantitative estimate of drug-likeness (QED) is 0.837. The number of aliphatic hydroxyl groups is 1. The van der Waals surface area contributed by atoms with Gasteiger partial charge in [0.05, 0.1) is 6.10 Å². The molecular formula is C12H19N3O2. The summed E-state index contributed by atoms with van der Waals surface area (Å²) < 4.78 is 1.66. The van der Waals surface area contributed by atoms with Crippen LogP contribution in [-0.2, 0) is 4.79 Å². The Kier molecular flexibility index (Phi) is 3.47. The molecule has 0 bridgehead atoms. The van der Waals surface area contributed by atoms with Gasteiger partial charge in [-0.05, 0) is 31.7 Å². The van der Waals surface area contributed by atoms with Gasteiger partial charge in [0.2, 0.25) is 5.91 Å². The minimum Gasteiger partial charge on any atom is -0.393 e. The van der Waals surface area contributed by atoms with Crippen LogP contribution in [0.5, 0.6) is 0 Å². The number of nitrogens with zero attached hydrogens (tertiary/aromatic N) is 3. The topological polar surface area (TPSA) is 58.4 Å². The van der Waals surface area contributed by atoms with Crippen molar-refractivity contribution in [2.45, 2.75) is 31.9 Å². The van der Waals surface area contributed by atoms with E-state index in [9.17, 15) is 9.90 Å². The van der Waals surface area contributed by atoms with Crippen LogP contribution in [-0.4, -0.2) is 45.4 Å². The highest BCUT2D eigenvalue weighted by atomic mass is 16.3. The van der Waals surface area contributed by atoms with Crippen LogP contribution in [0.25, 0.3) is 0 Å². The first-order chi connectivity index (χ1) is 8.08. The van der Waals surface area contributed by atoms with Gasteiger partial charge in [-0.15, -0.1) is 0 Å². The SMILES string of the molecule is CC(C(=O)N(C)CC1CC(O)C1)n1cccn1. The summed E-state index contributed by atoms with van der Waals surface area (Å²) in [4.78, 5) is 13.8. The second kappa shape index (κ2) is 4.87. The lowest BCUT2D eigenvalue weighted by molar-refractivity contribution is -0.134. The van der Waals surface area contributed by atoms with Crippen LogP contribution in [0.2, 0.25) is 0 Å². The van der Waals surface area contributed by atoms with Gasteiger partial charge in [-0.1, -0.05) is 0 Å². The van der Waals surface area contributed by atoms with Gasteiger partial charge in [-0.2, -0.15) is 5.10 Å². The second-order valence-corrected chi connectivity index (χ2v) is 4.87. The van der Waals surface area contributed by atoms with E-state index >= 15 is 0 Å². The summed E-state index contributed by atoms with van der Waals surface area (Å²) in [6.45, 7) is 2.57. The normalized spacial score (nSPS) is 25.1. The lowest BCUT2D eigenvalue weighted by Gasteiger charge is -2.35. The summed E-state index contributed by atoms with van der Waals surface area (Å²) in [6.07, 6.45) is 4.93. The number of carbonyl (C=O) groups is 1. The Balaban J connectivity index is 1.86. The van der Waals surface area contributed by atoms with Crippen LogP contribution < -0.4 is 0 Å². The summed E-state index contributed by atoms with van der Waals surface area (Å²) in [5, 5.41) is 13.3. The minimum atomic E-state index is -0.264. The molecule has 0 spiro atoms. The Labute approximate surface area is 101 Å². The largest absolute Gasteiger partial charge is 0.393 e. The molecule has 1 amide bonds. The van der Waals surface area contributed by atoms with Crippen molar-refractivity contribution in [3.63, 3.8) is 0 Å². The van der Waals surface area contributed by atoms with Crippen molar-refractivity contribution >= 4 is 5.91 Å². The van der Waals surface area contributed by atoms with Gasteiger partial charge in [0.1, 0.15) is 6.04 Å². The van der Waals surface area contributed by atoms with Gasteiger partial charge < -0.3 is 10.0 Å². The van der Waals surface area contributed by atoms with Crippen molar-refractivity contribution in [1.29, 1.82) is 0 Å². The monoisotopic (exact) mass is 237 g/mol. The van der Waals surface area contributed by atoms with Crippen molar-refractivity contribution in [2.75, 3.05) is 13.6 Å². The molecule has 0 radical (unpaired) electrons. The predicted molar refractivity (Wildman–Crippen MR) is 63.3 cm³/mol. The molecule has 0 aliphatic heterocycles.